The van der Waals surface area contributed by atoms with Gasteiger partial charge in [-0.05, 0) is 85.2 Å². The summed E-state index contributed by atoms with van der Waals surface area (Å²) >= 11 is 1.65. The predicted octanol–water partition coefficient (Wildman–Crippen LogP) is 6.43. The van der Waals surface area contributed by atoms with E-state index in [1.165, 1.54) is 0 Å². The van der Waals surface area contributed by atoms with Crippen molar-refractivity contribution in [3.05, 3.63) is 100 Å². The molecule has 2 atom stereocenters. The topological polar surface area (TPSA) is 85.9 Å². The molecule has 0 saturated carbocycles. The molecule has 7 nitrogen and oxygen atoms in total. The molecule has 5 rings (SSSR count). The fourth-order valence-corrected chi connectivity index (χ4v) is 6.09. The van der Waals surface area contributed by atoms with E-state index in [9.17, 15) is 9.59 Å². The van der Waals surface area contributed by atoms with Crippen LogP contribution >= 0.6 is 11.8 Å². The van der Waals surface area contributed by atoms with Gasteiger partial charge in [-0.3, -0.25) is 9.59 Å². The zero-order valence-electron chi connectivity index (χ0n) is 23.9. The van der Waals surface area contributed by atoms with Crippen molar-refractivity contribution < 1.29 is 23.8 Å². The molecule has 1 aliphatic heterocycles. The minimum Gasteiger partial charge on any atom is -0.497 e. The average Bonchev–Trinajstić information content (AvgIpc) is 3.00. The Morgan fingerprint density at radius 1 is 0.878 bits per heavy atom. The van der Waals surface area contributed by atoms with Gasteiger partial charge in [-0.15, -0.1) is 11.8 Å². The van der Waals surface area contributed by atoms with Gasteiger partial charge in [-0.2, -0.15) is 0 Å². The van der Waals surface area contributed by atoms with Crippen LogP contribution in [0.3, 0.4) is 0 Å². The van der Waals surface area contributed by atoms with Gasteiger partial charge in [0.1, 0.15) is 5.75 Å². The van der Waals surface area contributed by atoms with E-state index in [4.69, 9.17) is 14.2 Å². The Bertz CT molecular complexity index is 1530. The molecular weight excluding hydrogens is 536 g/mol. The Morgan fingerprint density at radius 2 is 1.56 bits per heavy atom. The lowest BCUT2D eigenvalue weighted by molar-refractivity contribution is -0.116. The molecule has 0 saturated heterocycles. The van der Waals surface area contributed by atoms with E-state index in [1.54, 1.807) is 57.4 Å². The van der Waals surface area contributed by atoms with Gasteiger partial charge in [-0.1, -0.05) is 18.2 Å². The molecule has 0 spiro atoms. The second-order valence-corrected chi connectivity index (χ2v) is 11.0. The maximum Gasteiger partial charge on any atom is 0.254 e. The van der Waals surface area contributed by atoms with Crippen molar-refractivity contribution in [1.29, 1.82) is 0 Å². The number of dihydropyridines is 1. The minimum absolute atomic E-state index is 0.0275. The summed E-state index contributed by atoms with van der Waals surface area (Å²) in [7, 11) is 4.81. The van der Waals surface area contributed by atoms with Gasteiger partial charge in [-0.25, -0.2) is 0 Å². The van der Waals surface area contributed by atoms with Crippen LogP contribution in [0.5, 0.6) is 17.2 Å². The first-order valence-corrected chi connectivity index (χ1v) is 14.6. The van der Waals surface area contributed by atoms with Gasteiger partial charge in [0, 0.05) is 45.5 Å². The molecule has 1 heterocycles. The van der Waals surface area contributed by atoms with Gasteiger partial charge in [0.15, 0.2) is 17.3 Å². The molecule has 0 radical (unpaired) electrons. The summed E-state index contributed by atoms with van der Waals surface area (Å²) in [6, 6.07) is 21.1. The highest BCUT2D eigenvalue weighted by Crippen LogP contribution is 2.46. The van der Waals surface area contributed by atoms with E-state index in [0.29, 0.717) is 46.9 Å². The SMILES string of the molecule is COc1ccc(NC(=O)C2=C(C)NC3=C(C(=O)C[C@H](c4ccc(OC)c(OC)c4)C3)[C@H]2c2ccc(SC)cc2)cc1. The number of ketones is 1. The monoisotopic (exact) mass is 570 g/mol. The molecule has 3 aromatic rings. The van der Waals surface area contributed by atoms with Crippen LogP contribution in [-0.2, 0) is 9.59 Å². The molecule has 3 aromatic carbocycles. The van der Waals surface area contributed by atoms with Gasteiger partial charge in [0.2, 0.25) is 0 Å². The maximum absolute atomic E-state index is 14.0. The van der Waals surface area contributed by atoms with Crippen molar-refractivity contribution >= 4 is 29.1 Å². The fraction of sp³-hybridized carbons (Fsp3) is 0.273. The van der Waals surface area contributed by atoms with Crippen molar-refractivity contribution in [2.75, 3.05) is 32.9 Å². The number of thioether (sulfide) groups is 1. The Kier molecular flexibility index (Phi) is 8.40. The number of benzene rings is 3. The number of anilines is 1. The first-order valence-electron chi connectivity index (χ1n) is 13.4. The first kappa shape index (κ1) is 28.4. The molecule has 8 heteroatoms. The maximum atomic E-state index is 14.0. The number of allylic oxidation sites excluding steroid dienone is 3. The number of carbonyl (C=O) groups excluding carboxylic acids is 2. The number of methoxy groups -OCH3 is 3. The first-order chi connectivity index (χ1) is 19.9. The van der Waals surface area contributed by atoms with Gasteiger partial charge >= 0.3 is 0 Å². The Labute approximate surface area is 245 Å². The number of Topliss-reactive ketones (excluding diaryl/α,β-unsaturated/α-hetero) is 1. The number of rotatable bonds is 8. The zero-order chi connectivity index (χ0) is 29.1. The van der Waals surface area contributed by atoms with Crippen molar-refractivity contribution in [2.45, 2.75) is 36.5 Å². The fourth-order valence-electron chi connectivity index (χ4n) is 5.68. The molecule has 2 N–H and O–H groups in total. The molecule has 0 aromatic heterocycles. The Balaban J connectivity index is 1.53. The zero-order valence-corrected chi connectivity index (χ0v) is 24.7. The van der Waals surface area contributed by atoms with Gasteiger partial charge in [0.05, 0.1) is 21.3 Å². The summed E-state index contributed by atoms with van der Waals surface area (Å²) in [5.41, 5.74) is 5.35. The lowest BCUT2D eigenvalue weighted by atomic mass is 9.71. The third kappa shape index (κ3) is 5.70. The lowest BCUT2D eigenvalue weighted by Gasteiger charge is -2.37. The quantitative estimate of drug-likeness (QED) is 0.302. The van der Waals surface area contributed by atoms with Crippen LogP contribution in [0, 0.1) is 0 Å². The Hall–Kier alpha value is -4.17. The van der Waals surface area contributed by atoms with E-state index in [1.807, 2.05) is 55.6 Å². The summed E-state index contributed by atoms with van der Waals surface area (Å²) in [5, 5.41) is 6.48. The van der Waals surface area contributed by atoms with E-state index in [2.05, 4.69) is 10.6 Å². The van der Waals surface area contributed by atoms with Crippen LogP contribution in [-0.4, -0.2) is 39.3 Å². The van der Waals surface area contributed by atoms with E-state index in [0.717, 1.165) is 27.4 Å². The van der Waals surface area contributed by atoms with E-state index in [-0.39, 0.29) is 17.6 Å². The molecule has 0 fully saturated rings. The van der Waals surface area contributed by atoms with E-state index >= 15 is 0 Å². The summed E-state index contributed by atoms with van der Waals surface area (Å²) in [4.78, 5) is 28.9. The number of hydrogen-bond donors (Lipinski definition) is 2. The second-order valence-electron chi connectivity index (χ2n) is 10.1. The Morgan fingerprint density at radius 3 is 2.20 bits per heavy atom. The van der Waals surface area contributed by atoms with Crippen molar-refractivity contribution in [3.63, 3.8) is 0 Å². The second kappa shape index (κ2) is 12.1. The molecule has 0 bridgehead atoms. The van der Waals surface area contributed by atoms with Gasteiger partial charge in [0.25, 0.3) is 5.91 Å². The molecule has 1 aliphatic carbocycles. The molecule has 41 heavy (non-hydrogen) atoms. The standard InChI is InChI=1S/C33H34N2O5S/c1-19-30(33(37)35-23-9-11-24(38-2)12-10-23)31(20-6-13-25(41-5)14-7-20)32-26(34-19)16-22(17-27(32)36)21-8-15-28(39-3)29(18-21)40-4/h6-15,18,22,31,34H,16-17H2,1-5H3,(H,35,37)/t22-,31+/m1/s1. The van der Waals surface area contributed by atoms with Crippen LogP contribution in [0.15, 0.2) is 94.2 Å². The molecular formula is C33H34N2O5S. The third-order valence-electron chi connectivity index (χ3n) is 7.75. The highest BCUT2D eigenvalue weighted by molar-refractivity contribution is 7.98. The van der Waals surface area contributed by atoms with Crippen LogP contribution in [0.1, 0.15) is 42.7 Å². The number of ether oxygens (including phenoxy) is 3. The molecule has 0 unspecified atom stereocenters. The van der Waals surface area contributed by atoms with Crippen molar-refractivity contribution in [1.82, 2.24) is 5.32 Å². The third-order valence-corrected chi connectivity index (χ3v) is 8.49. The highest BCUT2D eigenvalue weighted by atomic mass is 32.2. The highest BCUT2D eigenvalue weighted by Gasteiger charge is 2.41. The summed E-state index contributed by atoms with van der Waals surface area (Å²) < 4.78 is 16.2. The normalized spacial score (nSPS) is 18.4. The number of hydrogen-bond acceptors (Lipinski definition) is 7. The van der Waals surface area contributed by atoms with Crippen LogP contribution in [0.4, 0.5) is 5.69 Å². The van der Waals surface area contributed by atoms with Crippen molar-refractivity contribution in [2.24, 2.45) is 0 Å². The summed E-state index contributed by atoms with van der Waals surface area (Å²) in [5.74, 6) is 1.24. The summed E-state index contributed by atoms with van der Waals surface area (Å²) in [6.07, 6.45) is 3.00. The molecule has 212 valence electrons. The number of carbonyl (C=O) groups is 2. The van der Waals surface area contributed by atoms with Crippen LogP contribution in [0.25, 0.3) is 0 Å². The smallest absolute Gasteiger partial charge is 0.254 e. The molecule has 2 aliphatic rings. The van der Waals surface area contributed by atoms with Crippen LogP contribution < -0.4 is 24.8 Å². The summed E-state index contributed by atoms with van der Waals surface area (Å²) in [6.45, 7) is 1.90. The minimum atomic E-state index is -0.487. The largest absolute Gasteiger partial charge is 0.497 e. The number of amides is 1. The average molecular weight is 571 g/mol. The van der Waals surface area contributed by atoms with E-state index < -0.39 is 5.92 Å². The number of nitrogens with one attached hydrogen (secondary N) is 2. The van der Waals surface area contributed by atoms with Crippen LogP contribution in [0.2, 0.25) is 0 Å². The van der Waals surface area contributed by atoms with Gasteiger partial charge < -0.3 is 24.8 Å². The molecule has 1 amide bonds. The van der Waals surface area contributed by atoms with Crippen molar-refractivity contribution in [3.8, 4) is 17.2 Å². The predicted molar refractivity (Wildman–Crippen MR) is 162 cm³/mol. The lowest BCUT2D eigenvalue weighted by Crippen LogP contribution is -2.37.